The van der Waals surface area contributed by atoms with Crippen LogP contribution < -0.4 is 0 Å². The molecule has 3 rings (SSSR count). The summed E-state index contributed by atoms with van der Waals surface area (Å²) >= 11 is 1.49. The van der Waals surface area contributed by atoms with Gasteiger partial charge in [0.05, 0.1) is 6.42 Å². The van der Waals surface area contributed by atoms with Gasteiger partial charge in [0.25, 0.3) is 5.78 Å². The molecule has 2 aromatic heterocycles. The fourth-order valence-electron chi connectivity index (χ4n) is 3.64. The molecule has 7 heteroatoms. The minimum absolute atomic E-state index is 0.164. The maximum atomic E-state index is 12.8. The van der Waals surface area contributed by atoms with Gasteiger partial charge in [0.2, 0.25) is 11.1 Å². The van der Waals surface area contributed by atoms with E-state index in [4.69, 9.17) is 0 Å². The predicted octanol–water partition coefficient (Wildman–Crippen LogP) is 3.04. The van der Waals surface area contributed by atoms with E-state index in [0.717, 1.165) is 35.7 Å². The number of hydrogen-bond acceptors (Lipinski definition) is 5. The molecule has 0 radical (unpaired) electrons. The molecule has 1 aliphatic carbocycles. The predicted molar refractivity (Wildman–Crippen MR) is 99.9 cm³/mol. The zero-order valence-electron chi connectivity index (χ0n) is 15.7. The van der Waals surface area contributed by atoms with E-state index in [1.807, 2.05) is 32.1 Å². The summed E-state index contributed by atoms with van der Waals surface area (Å²) in [7, 11) is 1.95. The van der Waals surface area contributed by atoms with Crippen LogP contribution >= 0.6 is 11.8 Å². The minimum Gasteiger partial charge on any atom is -0.342 e. The smallest absolute Gasteiger partial charge is 0.253 e. The lowest BCUT2D eigenvalue weighted by Gasteiger charge is -2.33. The zero-order valence-corrected chi connectivity index (χ0v) is 16.6. The number of aromatic nitrogens is 4. The van der Waals surface area contributed by atoms with Crippen molar-refractivity contribution in [2.24, 2.45) is 5.92 Å². The molecule has 6 nitrogen and oxygen atoms in total. The minimum atomic E-state index is 0.164. The summed E-state index contributed by atoms with van der Waals surface area (Å²) < 4.78 is 1.75. The standard InChI is InChI=1S/C18H27N5OS/c1-11-6-8-14(9-7-11)22(4)16(24)10-15-12(2)19-17-20-18(25-5)21-23(17)13(15)3/h11,14H,6-10H2,1-5H3. The Labute approximate surface area is 153 Å². The van der Waals surface area contributed by atoms with Gasteiger partial charge in [-0.2, -0.15) is 4.98 Å². The number of thioether (sulfide) groups is 1. The van der Waals surface area contributed by atoms with E-state index >= 15 is 0 Å². The average molecular weight is 362 g/mol. The highest BCUT2D eigenvalue weighted by Gasteiger charge is 2.26. The van der Waals surface area contributed by atoms with Gasteiger partial charge < -0.3 is 4.90 Å². The normalized spacial score (nSPS) is 20.8. The quantitative estimate of drug-likeness (QED) is 0.783. The molecule has 0 aromatic carbocycles. The molecule has 2 heterocycles. The largest absolute Gasteiger partial charge is 0.342 e. The van der Waals surface area contributed by atoms with Crippen molar-refractivity contribution >= 4 is 23.4 Å². The molecule has 0 bridgehead atoms. The molecule has 0 N–H and O–H groups in total. The Balaban J connectivity index is 1.80. The Kier molecular flexibility index (Phi) is 5.32. The molecule has 0 aliphatic heterocycles. The molecular weight excluding hydrogens is 334 g/mol. The first-order chi connectivity index (χ1) is 11.9. The van der Waals surface area contributed by atoms with E-state index in [9.17, 15) is 4.79 Å². The van der Waals surface area contributed by atoms with Crippen molar-refractivity contribution in [3.05, 3.63) is 17.0 Å². The summed E-state index contributed by atoms with van der Waals surface area (Å²) in [5.41, 5.74) is 2.78. The van der Waals surface area contributed by atoms with Crippen LogP contribution in [0, 0.1) is 19.8 Å². The van der Waals surface area contributed by atoms with Gasteiger partial charge in [-0.3, -0.25) is 4.79 Å². The third kappa shape index (κ3) is 3.66. The van der Waals surface area contributed by atoms with Crippen LogP contribution in [0.2, 0.25) is 0 Å². The van der Waals surface area contributed by atoms with Crippen molar-refractivity contribution < 1.29 is 4.79 Å². The SMILES string of the molecule is CSc1nc2nc(C)c(CC(=O)N(C)C3CCC(C)CC3)c(C)n2n1. The number of aryl methyl sites for hydroxylation is 2. The fraction of sp³-hybridized carbons (Fsp3) is 0.667. The average Bonchev–Trinajstić information content (AvgIpc) is 3.01. The second-order valence-electron chi connectivity index (χ2n) is 7.17. The number of nitrogens with zero attached hydrogens (tertiary/aromatic N) is 5. The highest BCUT2D eigenvalue weighted by Crippen LogP contribution is 2.27. The first-order valence-corrected chi connectivity index (χ1v) is 10.2. The molecule has 0 atom stereocenters. The van der Waals surface area contributed by atoms with Crippen LogP contribution in [0.5, 0.6) is 0 Å². The molecule has 0 spiro atoms. The molecule has 1 aliphatic rings. The highest BCUT2D eigenvalue weighted by atomic mass is 32.2. The van der Waals surface area contributed by atoms with Crippen molar-refractivity contribution in [1.29, 1.82) is 0 Å². The number of likely N-dealkylation sites (N-methyl/N-ethyl adjacent to an activating group) is 1. The van der Waals surface area contributed by atoms with Gasteiger partial charge >= 0.3 is 0 Å². The Bertz CT molecular complexity index is 779. The molecular formula is C18H27N5OS. The van der Waals surface area contributed by atoms with Crippen LogP contribution in [0.4, 0.5) is 0 Å². The molecule has 136 valence electrons. The summed E-state index contributed by atoms with van der Waals surface area (Å²) in [5, 5.41) is 5.16. The number of amides is 1. The number of fused-ring (bicyclic) bond motifs is 1. The fourth-order valence-corrected chi connectivity index (χ4v) is 3.98. The van der Waals surface area contributed by atoms with Crippen molar-refractivity contribution in [3.63, 3.8) is 0 Å². The topological polar surface area (TPSA) is 63.4 Å². The van der Waals surface area contributed by atoms with Crippen molar-refractivity contribution in [2.45, 2.75) is 64.1 Å². The zero-order chi connectivity index (χ0) is 18.1. The number of carbonyl (C=O) groups is 1. The third-order valence-electron chi connectivity index (χ3n) is 5.47. The number of carbonyl (C=O) groups excluding carboxylic acids is 1. The first-order valence-electron chi connectivity index (χ1n) is 8.93. The second kappa shape index (κ2) is 7.32. The van der Waals surface area contributed by atoms with E-state index in [1.54, 1.807) is 4.52 Å². The van der Waals surface area contributed by atoms with Crippen LogP contribution in [0.1, 0.15) is 49.6 Å². The molecule has 2 aromatic rings. The number of rotatable bonds is 4. The lowest BCUT2D eigenvalue weighted by Crippen LogP contribution is -2.40. The van der Waals surface area contributed by atoms with Gasteiger partial charge in [-0.15, -0.1) is 5.10 Å². The number of hydrogen-bond donors (Lipinski definition) is 0. The van der Waals surface area contributed by atoms with Crippen LogP contribution in [-0.4, -0.2) is 49.7 Å². The van der Waals surface area contributed by atoms with Crippen molar-refractivity contribution in [3.8, 4) is 0 Å². The molecule has 0 unspecified atom stereocenters. The summed E-state index contributed by atoms with van der Waals surface area (Å²) in [5.74, 6) is 1.55. The monoisotopic (exact) mass is 361 g/mol. The third-order valence-corrected chi connectivity index (χ3v) is 6.00. The Morgan fingerprint density at radius 2 is 1.92 bits per heavy atom. The van der Waals surface area contributed by atoms with Crippen LogP contribution in [0.25, 0.3) is 5.78 Å². The lowest BCUT2D eigenvalue weighted by molar-refractivity contribution is -0.132. The van der Waals surface area contributed by atoms with Gasteiger partial charge in [-0.25, -0.2) is 9.50 Å². The second-order valence-corrected chi connectivity index (χ2v) is 7.94. The van der Waals surface area contributed by atoms with Gasteiger partial charge in [0, 0.05) is 30.0 Å². The van der Waals surface area contributed by atoms with Crippen LogP contribution in [-0.2, 0) is 11.2 Å². The Morgan fingerprint density at radius 1 is 1.24 bits per heavy atom. The Morgan fingerprint density at radius 3 is 2.56 bits per heavy atom. The highest BCUT2D eigenvalue weighted by molar-refractivity contribution is 7.98. The maximum Gasteiger partial charge on any atom is 0.253 e. The van der Waals surface area contributed by atoms with Gasteiger partial charge in [0.15, 0.2) is 0 Å². The van der Waals surface area contributed by atoms with Crippen LogP contribution in [0.15, 0.2) is 5.16 Å². The molecule has 1 saturated carbocycles. The van der Waals surface area contributed by atoms with E-state index in [-0.39, 0.29) is 5.91 Å². The van der Waals surface area contributed by atoms with Gasteiger partial charge in [-0.05, 0) is 51.7 Å². The molecule has 1 fully saturated rings. The van der Waals surface area contributed by atoms with Gasteiger partial charge in [-0.1, -0.05) is 18.7 Å². The molecule has 25 heavy (non-hydrogen) atoms. The molecule has 0 saturated heterocycles. The molecule has 1 amide bonds. The maximum absolute atomic E-state index is 12.8. The van der Waals surface area contributed by atoms with Gasteiger partial charge in [0.1, 0.15) is 0 Å². The van der Waals surface area contributed by atoms with E-state index in [2.05, 4.69) is 22.0 Å². The first kappa shape index (κ1) is 18.2. The van der Waals surface area contributed by atoms with E-state index < -0.39 is 0 Å². The Hall–Kier alpha value is -1.63. The summed E-state index contributed by atoms with van der Waals surface area (Å²) in [6, 6.07) is 0.371. The summed E-state index contributed by atoms with van der Waals surface area (Å²) in [6.07, 6.45) is 6.96. The van der Waals surface area contributed by atoms with Crippen molar-refractivity contribution in [2.75, 3.05) is 13.3 Å². The van der Waals surface area contributed by atoms with Crippen molar-refractivity contribution in [1.82, 2.24) is 24.5 Å². The van der Waals surface area contributed by atoms with E-state index in [1.165, 1.54) is 24.6 Å². The lowest BCUT2D eigenvalue weighted by atomic mass is 9.86. The van der Waals surface area contributed by atoms with Crippen LogP contribution in [0.3, 0.4) is 0 Å². The summed E-state index contributed by atoms with van der Waals surface area (Å²) in [6.45, 7) is 6.24. The summed E-state index contributed by atoms with van der Waals surface area (Å²) in [4.78, 5) is 23.7. The van der Waals surface area contributed by atoms with E-state index in [0.29, 0.717) is 23.4 Å².